The Hall–Kier alpha value is -3.10. The summed E-state index contributed by atoms with van der Waals surface area (Å²) < 4.78 is 41.8. The molecule has 0 bridgehead atoms. The van der Waals surface area contributed by atoms with E-state index in [-0.39, 0.29) is 0 Å². The van der Waals surface area contributed by atoms with Gasteiger partial charge in [0.05, 0.1) is 35.7 Å². The zero-order valence-electron chi connectivity index (χ0n) is 19.7. The van der Waals surface area contributed by atoms with Crippen molar-refractivity contribution in [2.45, 2.75) is 13.5 Å². The molecule has 0 spiro atoms. The Labute approximate surface area is 205 Å². The number of hydrogen-bond donors (Lipinski definition) is 1. The standard InChI is InChI=1S/C25H29N5O4S/c1-2-29-24-17-21(34-16-13-28-11-14-33-15-12-28)7-8-22(24)23(18-26)25(29)19-3-5-20(6-4-19)30-10-9-27-35(30,31)32/h3-8,17,27H,2,9-16H2,1H3. The Morgan fingerprint density at radius 1 is 1.11 bits per heavy atom. The van der Waals surface area contributed by atoms with Gasteiger partial charge in [-0.2, -0.15) is 18.4 Å². The van der Waals surface area contributed by atoms with Crippen LogP contribution >= 0.6 is 0 Å². The Kier molecular flexibility index (Phi) is 6.67. The number of morpholine rings is 1. The molecule has 9 nitrogen and oxygen atoms in total. The molecule has 0 radical (unpaired) electrons. The number of rotatable bonds is 7. The molecule has 3 aromatic rings. The summed E-state index contributed by atoms with van der Waals surface area (Å²) in [5.74, 6) is 0.774. The van der Waals surface area contributed by atoms with Gasteiger partial charge in [-0.15, -0.1) is 0 Å². The first kappa shape index (κ1) is 23.6. The van der Waals surface area contributed by atoms with Crippen molar-refractivity contribution in [3.63, 3.8) is 0 Å². The highest BCUT2D eigenvalue weighted by molar-refractivity contribution is 7.91. The summed E-state index contributed by atoms with van der Waals surface area (Å²) in [6.45, 7) is 8.33. The summed E-state index contributed by atoms with van der Waals surface area (Å²) in [6, 6.07) is 15.6. The molecule has 2 saturated heterocycles. The van der Waals surface area contributed by atoms with E-state index in [4.69, 9.17) is 9.47 Å². The molecule has 184 valence electrons. The summed E-state index contributed by atoms with van der Waals surface area (Å²) in [7, 11) is -3.48. The van der Waals surface area contributed by atoms with Gasteiger partial charge in [0, 0.05) is 50.7 Å². The lowest BCUT2D eigenvalue weighted by Crippen LogP contribution is -2.38. The first-order valence-electron chi connectivity index (χ1n) is 11.9. The number of nitrogens with zero attached hydrogens (tertiary/aromatic N) is 4. The first-order valence-corrected chi connectivity index (χ1v) is 13.3. The van der Waals surface area contributed by atoms with E-state index >= 15 is 0 Å². The van der Waals surface area contributed by atoms with E-state index in [0.29, 0.717) is 37.5 Å². The lowest BCUT2D eigenvalue weighted by molar-refractivity contribution is 0.0322. The fourth-order valence-electron chi connectivity index (χ4n) is 4.81. The molecule has 0 saturated carbocycles. The van der Waals surface area contributed by atoms with Crippen LogP contribution in [0.15, 0.2) is 42.5 Å². The molecule has 5 rings (SSSR count). The van der Waals surface area contributed by atoms with Crippen LogP contribution in [-0.2, 0) is 21.5 Å². The van der Waals surface area contributed by atoms with Crippen molar-refractivity contribution in [1.82, 2.24) is 14.2 Å². The lowest BCUT2D eigenvalue weighted by atomic mass is 10.1. The average molecular weight is 496 g/mol. The van der Waals surface area contributed by atoms with Crippen LogP contribution < -0.4 is 13.8 Å². The van der Waals surface area contributed by atoms with E-state index in [1.54, 1.807) is 12.1 Å². The number of hydrogen-bond acceptors (Lipinski definition) is 6. The number of ether oxygens (including phenoxy) is 2. The van der Waals surface area contributed by atoms with Gasteiger partial charge in [-0.3, -0.25) is 9.21 Å². The van der Waals surface area contributed by atoms with E-state index < -0.39 is 10.2 Å². The monoisotopic (exact) mass is 495 g/mol. The van der Waals surface area contributed by atoms with Crippen LogP contribution in [0, 0.1) is 11.3 Å². The summed E-state index contributed by atoms with van der Waals surface area (Å²) in [6.07, 6.45) is 0. The van der Waals surface area contributed by atoms with Gasteiger partial charge in [-0.1, -0.05) is 12.1 Å². The normalized spacial score (nSPS) is 18.1. The van der Waals surface area contributed by atoms with Crippen LogP contribution in [-0.4, -0.2) is 70.4 Å². The van der Waals surface area contributed by atoms with Crippen LogP contribution in [0.25, 0.3) is 22.2 Å². The summed E-state index contributed by atoms with van der Waals surface area (Å²) in [5, 5.41) is 10.9. The first-order chi connectivity index (χ1) is 17.0. The number of fused-ring (bicyclic) bond motifs is 1. The highest BCUT2D eigenvalue weighted by atomic mass is 32.2. The minimum absolute atomic E-state index is 0.392. The molecule has 2 aromatic carbocycles. The van der Waals surface area contributed by atoms with Crippen LogP contribution in [0.1, 0.15) is 12.5 Å². The zero-order chi connectivity index (χ0) is 24.4. The summed E-state index contributed by atoms with van der Waals surface area (Å²) >= 11 is 0. The minimum atomic E-state index is -3.48. The molecule has 0 unspecified atom stereocenters. The van der Waals surface area contributed by atoms with Gasteiger partial charge in [0.2, 0.25) is 0 Å². The predicted molar refractivity (Wildman–Crippen MR) is 135 cm³/mol. The highest BCUT2D eigenvalue weighted by Gasteiger charge is 2.28. The van der Waals surface area contributed by atoms with E-state index in [0.717, 1.165) is 60.8 Å². The number of nitrogens with one attached hydrogen (secondary N) is 1. The minimum Gasteiger partial charge on any atom is -0.492 e. The molecule has 0 amide bonds. The van der Waals surface area contributed by atoms with Gasteiger partial charge in [-0.25, -0.2) is 0 Å². The summed E-state index contributed by atoms with van der Waals surface area (Å²) in [4.78, 5) is 2.33. The maximum Gasteiger partial charge on any atom is 0.301 e. The van der Waals surface area contributed by atoms with Gasteiger partial charge in [0.15, 0.2) is 0 Å². The molecular formula is C25H29N5O4S. The fraction of sp³-hybridized carbons (Fsp3) is 0.400. The van der Waals surface area contributed by atoms with Crippen LogP contribution in [0.2, 0.25) is 0 Å². The number of aromatic nitrogens is 1. The largest absolute Gasteiger partial charge is 0.492 e. The zero-order valence-corrected chi connectivity index (χ0v) is 20.6. The van der Waals surface area contributed by atoms with E-state index in [9.17, 15) is 13.7 Å². The van der Waals surface area contributed by atoms with Gasteiger partial charge in [0.1, 0.15) is 18.4 Å². The maximum atomic E-state index is 12.2. The van der Waals surface area contributed by atoms with Crippen LogP contribution in [0.3, 0.4) is 0 Å². The van der Waals surface area contributed by atoms with Crippen molar-refractivity contribution < 1.29 is 17.9 Å². The third kappa shape index (κ3) is 4.60. The number of nitriles is 1. The van der Waals surface area contributed by atoms with Crippen molar-refractivity contribution >= 4 is 26.8 Å². The second-order valence-electron chi connectivity index (χ2n) is 8.58. The maximum absolute atomic E-state index is 12.2. The quantitative estimate of drug-likeness (QED) is 0.541. The molecule has 10 heteroatoms. The van der Waals surface area contributed by atoms with E-state index in [1.165, 1.54) is 4.31 Å². The molecule has 2 fully saturated rings. The van der Waals surface area contributed by atoms with Crippen LogP contribution in [0.5, 0.6) is 5.75 Å². The topological polar surface area (TPSA) is 99.8 Å². The van der Waals surface area contributed by atoms with Gasteiger partial charge in [-0.05, 0) is 36.8 Å². The van der Waals surface area contributed by atoms with Gasteiger partial charge in [0.25, 0.3) is 0 Å². The number of aryl methyl sites for hydroxylation is 1. The summed E-state index contributed by atoms with van der Waals surface area (Å²) in [5.41, 5.74) is 3.84. The van der Waals surface area contributed by atoms with Crippen molar-refractivity contribution in [3.05, 3.63) is 48.0 Å². The highest BCUT2D eigenvalue weighted by Crippen LogP contribution is 2.36. The third-order valence-electron chi connectivity index (χ3n) is 6.56. The molecule has 2 aliphatic heterocycles. The fourth-order valence-corrected chi connectivity index (χ4v) is 6.04. The smallest absolute Gasteiger partial charge is 0.301 e. The lowest BCUT2D eigenvalue weighted by Gasteiger charge is -2.26. The predicted octanol–water partition coefficient (Wildman–Crippen LogP) is 2.57. The SMILES string of the molecule is CCn1c(-c2ccc(N3CCNS3(=O)=O)cc2)c(C#N)c2ccc(OCCN3CCOCC3)cc21. The van der Waals surface area contributed by atoms with Crippen molar-refractivity contribution in [3.8, 4) is 23.1 Å². The molecule has 1 N–H and O–H groups in total. The molecule has 0 atom stereocenters. The average Bonchev–Trinajstić information content (AvgIpc) is 3.40. The molecular weight excluding hydrogens is 466 g/mol. The van der Waals surface area contributed by atoms with Crippen LogP contribution in [0.4, 0.5) is 5.69 Å². The Morgan fingerprint density at radius 3 is 2.54 bits per heavy atom. The third-order valence-corrected chi connectivity index (χ3v) is 8.10. The van der Waals surface area contributed by atoms with E-state index in [2.05, 4.69) is 20.3 Å². The van der Waals surface area contributed by atoms with Gasteiger partial charge >= 0.3 is 10.2 Å². The Balaban J connectivity index is 1.43. The van der Waals surface area contributed by atoms with Crippen molar-refractivity contribution in [2.75, 3.05) is 56.8 Å². The van der Waals surface area contributed by atoms with E-state index in [1.807, 2.05) is 37.3 Å². The van der Waals surface area contributed by atoms with Gasteiger partial charge < -0.3 is 14.0 Å². The Morgan fingerprint density at radius 2 is 1.89 bits per heavy atom. The second-order valence-corrected chi connectivity index (χ2v) is 10.3. The molecule has 2 aliphatic rings. The number of anilines is 1. The molecule has 35 heavy (non-hydrogen) atoms. The molecule has 1 aromatic heterocycles. The second kappa shape index (κ2) is 9.87. The Bertz CT molecular complexity index is 1360. The number of benzene rings is 2. The molecule has 3 heterocycles. The molecule has 0 aliphatic carbocycles. The van der Waals surface area contributed by atoms with Crippen molar-refractivity contribution in [1.29, 1.82) is 5.26 Å². The van der Waals surface area contributed by atoms with Crippen molar-refractivity contribution in [2.24, 2.45) is 0 Å².